The van der Waals surface area contributed by atoms with Crippen molar-refractivity contribution in [1.29, 1.82) is 0 Å². The van der Waals surface area contributed by atoms with E-state index in [0.29, 0.717) is 25.6 Å². The highest BCUT2D eigenvalue weighted by Gasteiger charge is 2.29. The monoisotopic (exact) mass is 372 g/mol. The lowest BCUT2D eigenvalue weighted by Gasteiger charge is -2.35. The summed E-state index contributed by atoms with van der Waals surface area (Å²) in [5.41, 5.74) is 1.39. The Labute approximate surface area is 160 Å². The molecule has 6 nitrogen and oxygen atoms in total. The molecule has 0 N–H and O–H groups in total. The van der Waals surface area contributed by atoms with E-state index < -0.39 is 5.60 Å². The Morgan fingerprint density at radius 3 is 2.63 bits per heavy atom. The molecule has 1 saturated heterocycles. The van der Waals surface area contributed by atoms with E-state index in [-0.39, 0.29) is 12.1 Å². The molecule has 0 spiro atoms. The Morgan fingerprint density at radius 2 is 1.96 bits per heavy atom. The molecular weight excluding hydrogens is 344 g/mol. The second-order valence-electron chi connectivity index (χ2n) is 7.83. The van der Waals surface area contributed by atoms with E-state index in [1.807, 2.05) is 49.9 Å². The van der Waals surface area contributed by atoms with Crippen molar-refractivity contribution in [1.82, 2.24) is 9.88 Å². The van der Waals surface area contributed by atoms with Crippen LogP contribution in [-0.4, -0.2) is 47.9 Å². The standard InChI is InChI=1S/C21H28N2O4/c1-21(2,3)27-20(24)23(17-9-11-26-12-10-17)14-15-5-7-18-16(13-15)6-8-19(22-18)25-4/h5-8,13,17H,9-12,14H2,1-4H3. The second-order valence-corrected chi connectivity index (χ2v) is 7.83. The number of hydrogen-bond donors (Lipinski definition) is 0. The summed E-state index contributed by atoms with van der Waals surface area (Å²) in [5.74, 6) is 0.591. The first-order chi connectivity index (χ1) is 12.9. The number of nitrogens with zero attached hydrogens (tertiary/aromatic N) is 2. The number of rotatable bonds is 4. The molecule has 0 aliphatic carbocycles. The van der Waals surface area contributed by atoms with Crippen LogP contribution in [-0.2, 0) is 16.0 Å². The van der Waals surface area contributed by atoms with Crippen molar-refractivity contribution in [3.05, 3.63) is 35.9 Å². The van der Waals surface area contributed by atoms with Crippen molar-refractivity contribution in [2.45, 2.75) is 51.8 Å². The summed E-state index contributed by atoms with van der Waals surface area (Å²) in [6.45, 7) is 7.52. The van der Waals surface area contributed by atoms with Crippen LogP contribution in [0.4, 0.5) is 4.79 Å². The topological polar surface area (TPSA) is 60.9 Å². The molecule has 1 fully saturated rings. The van der Waals surface area contributed by atoms with Crippen LogP contribution in [0.2, 0.25) is 0 Å². The Kier molecular flexibility index (Phi) is 5.85. The predicted molar refractivity (Wildman–Crippen MR) is 104 cm³/mol. The molecule has 0 bridgehead atoms. The summed E-state index contributed by atoms with van der Waals surface area (Å²) in [6.07, 6.45) is 1.37. The van der Waals surface area contributed by atoms with Crippen molar-refractivity contribution < 1.29 is 19.0 Å². The van der Waals surface area contributed by atoms with Crippen molar-refractivity contribution in [3.63, 3.8) is 0 Å². The average Bonchev–Trinajstić information content (AvgIpc) is 2.64. The van der Waals surface area contributed by atoms with Gasteiger partial charge in [0.25, 0.3) is 0 Å². The largest absolute Gasteiger partial charge is 0.481 e. The number of aromatic nitrogens is 1. The van der Waals surface area contributed by atoms with Gasteiger partial charge >= 0.3 is 6.09 Å². The molecule has 0 radical (unpaired) electrons. The number of methoxy groups -OCH3 is 1. The summed E-state index contributed by atoms with van der Waals surface area (Å²) in [5, 5.41) is 1.02. The molecule has 1 aromatic carbocycles. The Bertz CT molecular complexity index is 794. The van der Waals surface area contributed by atoms with Gasteiger partial charge < -0.3 is 19.1 Å². The molecule has 0 atom stereocenters. The highest BCUT2D eigenvalue weighted by molar-refractivity contribution is 5.80. The van der Waals surface area contributed by atoms with Crippen molar-refractivity contribution in [2.75, 3.05) is 20.3 Å². The van der Waals surface area contributed by atoms with Gasteiger partial charge in [-0.3, -0.25) is 0 Å². The zero-order valence-corrected chi connectivity index (χ0v) is 16.5. The van der Waals surface area contributed by atoms with Gasteiger partial charge in [-0.15, -0.1) is 0 Å². The highest BCUT2D eigenvalue weighted by Crippen LogP contribution is 2.23. The number of benzene rings is 1. The number of hydrogen-bond acceptors (Lipinski definition) is 5. The van der Waals surface area contributed by atoms with E-state index in [9.17, 15) is 4.79 Å². The zero-order chi connectivity index (χ0) is 19.4. The van der Waals surface area contributed by atoms with E-state index >= 15 is 0 Å². The van der Waals surface area contributed by atoms with Gasteiger partial charge in [0.2, 0.25) is 5.88 Å². The van der Waals surface area contributed by atoms with Crippen molar-refractivity contribution in [3.8, 4) is 5.88 Å². The fraction of sp³-hybridized carbons (Fsp3) is 0.524. The minimum atomic E-state index is -0.523. The molecule has 0 saturated carbocycles. The number of carbonyl (C=O) groups is 1. The molecule has 6 heteroatoms. The van der Waals surface area contributed by atoms with Gasteiger partial charge in [-0.25, -0.2) is 9.78 Å². The van der Waals surface area contributed by atoms with E-state index in [1.165, 1.54) is 0 Å². The van der Waals surface area contributed by atoms with Gasteiger partial charge in [-0.1, -0.05) is 6.07 Å². The molecule has 1 aliphatic heterocycles. The minimum Gasteiger partial charge on any atom is -0.481 e. The zero-order valence-electron chi connectivity index (χ0n) is 16.5. The third-order valence-electron chi connectivity index (χ3n) is 4.55. The SMILES string of the molecule is COc1ccc2cc(CN(C(=O)OC(C)(C)C)C3CCOCC3)ccc2n1. The Morgan fingerprint density at radius 1 is 1.22 bits per heavy atom. The van der Waals surface area contributed by atoms with Crippen LogP contribution in [0.1, 0.15) is 39.2 Å². The number of amides is 1. The highest BCUT2D eigenvalue weighted by atomic mass is 16.6. The maximum Gasteiger partial charge on any atom is 0.410 e. The first-order valence-corrected chi connectivity index (χ1v) is 9.37. The molecule has 2 heterocycles. The van der Waals surface area contributed by atoms with Crippen molar-refractivity contribution >= 4 is 17.0 Å². The molecular formula is C21H28N2O4. The summed E-state index contributed by atoms with van der Waals surface area (Å²) in [7, 11) is 1.61. The molecule has 3 rings (SSSR count). The Hall–Kier alpha value is -2.34. The lowest BCUT2D eigenvalue weighted by atomic mass is 10.1. The van der Waals surface area contributed by atoms with Gasteiger partial charge in [-0.2, -0.15) is 0 Å². The quantitative estimate of drug-likeness (QED) is 0.806. The van der Waals surface area contributed by atoms with Crippen LogP contribution in [0.5, 0.6) is 5.88 Å². The fourth-order valence-electron chi connectivity index (χ4n) is 3.23. The third-order valence-corrected chi connectivity index (χ3v) is 4.55. The molecule has 0 unspecified atom stereocenters. The van der Waals surface area contributed by atoms with Crippen LogP contribution in [0.15, 0.2) is 30.3 Å². The lowest BCUT2D eigenvalue weighted by molar-refractivity contribution is -0.00807. The van der Waals surface area contributed by atoms with Crippen LogP contribution in [0.3, 0.4) is 0 Å². The van der Waals surface area contributed by atoms with E-state index in [0.717, 1.165) is 29.3 Å². The van der Waals surface area contributed by atoms with Crippen LogP contribution >= 0.6 is 0 Å². The summed E-state index contributed by atoms with van der Waals surface area (Å²) >= 11 is 0. The summed E-state index contributed by atoms with van der Waals surface area (Å²) in [4.78, 5) is 19.1. The van der Waals surface area contributed by atoms with Crippen LogP contribution in [0, 0.1) is 0 Å². The molecule has 1 amide bonds. The maximum absolute atomic E-state index is 12.8. The summed E-state index contributed by atoms with van der Waals surface area (Å²) in [6, 6.07) is 9.99. The normalized spacial score (nSPS) is 15.6. The minimum absolute atomic E-state index is 0.123. The first-order valence-electron chi connectivity index (χ1n) is 9.37. The number of carbonyl (C=O) groups excluding carboxylic acids is 1. The van der Waals surface area contributed by atoms with Crippen molar-refractivity contribution in [2.24, 2.45) is 0 Å². The smallest absolute Gasteiger partial charge is 0.410 e. The van der Waals surface area contributed by atoms with E-state index in [4.69, 9.17) is 14.2 Å². The lowest BCUT2D eigenvalue weighted by Crippen LogP contribution is -2.45. The maximum atomic E-state index is 12.8. The second kappa shape index (κ2) is 8.13. The molecule has 146 valence electrons. The Balaban J connectivity index is 1.83. The van der Waals surface area contributed by atoms with E-state index in [1.54, 1.807) is 7.11 Å². The summed E-state index contributed by atoms with van der Waals surface area (Å²) < 4.78 is 16.3. The van der Waals surface area contributed by atoms with Gasteiger partial charge in [0.15, 0.2) is 0 Å². The molecule has 2 aromatic rings. The number of fused-ring (bicyclic) bond motifs is 1. The van der Waals surface area contributed by atoms with Crippen LogP contribution in [0.25, 0.3) is 10.9 Å². The predicted octanol–water partition coefficient (Wildman–Crippen LogP) is 4.16. The average molecular weight is 372 g/mol. The fourth-order valence-corrected chi connectivity index (χ4v) is 3.23. The van der Waals surface area contributed by atoms with Gasteiger partial charge in [0, 0.05) is 37.3 Å². The molecule has 1 aliphatic rings. The third kappa shape index (κ3) is 5.10. The number of pyridine rings is 1. The van der Waals surface area contributed by atoms with Gasteiger partial charge in [0.1, 0.15) is 5.60 Å². The van der Waals surface area contributed by atoms with Gasteiger partial charge in [-0.05, 0) is 57.4 Å². The molecule has 27 heavy (non-hydrogen) atoms. The van der Waals surface area contributed by atoms with Crippen LogP contribution < -0.4 is 4.74 Å². The van der Waals surface area contributed by atoms with Gasteiger partial charge in [0.05, 0.1) is 12.6 Å². The number of ether oxygens (including phenoxy) is 3. The van der Waals surface area contributed by atoms with E-state index in [2.05, 4.69) is 11.1 Å². The molecule has 1 aromatic heterocycles. The first kappa shape index (κ1) is 19.4.